The fourth-order valence-electron chi connectivity index (χ4n) is 5.32. The van der Waals surface area contributed by atoms with Crippen molar-refractivity contribution in [3.63, 3.8) is 0 Å². The Morgan fingerprint density at radius 1 is 1.27 bits per heavy atom. The van der Waals surface area contributed by atoms with Crippen LogP contribution in [0.15, 0.2) is 24.4 Å². The van der Waals surface area contributed by atoms with E-state index in [4.69, 9.17) is 10.5 Å². The average Bonchev–Trinajstić information content (AvgIpc) is 3.52. The largest absolute Gasteiger partial charge is 0.497 e. The molecule has 1 fully saturated rings. The number of hydrogen-bond donors (Lipinski definition) is 3. The summed E-state index contributed by atoms with van der Waals surface area (Å²) in [6, 6.07) is 5.85. The van der Waals surface area contributed by atoms with Crippen molar-refractivity contribution in [2.24, 2.45) is 5.73 Å². The Kier molecular flexibility index (Phi) is 5.88. The summed E-state index contributed by atoms with van der Waals surface area (Å²) in [5.41, 5.74) is 9.63. The molecule has 0 spiro atoms. The molecule has 0 bridgehead atoms. The van der Waals surface area contributed by atoms with Crippen LogP contribution in [0.3, 0.4) is 0 Å². The zero-order valence-electron chi connectivity index (χ0n) is 19.1. The van der Waals surface area contributed by atoms with Crippen molar-refractivity contribution in [1.29, 1.82) is 0 Å². The molecule has 3 aromatic rings. The number of amides is 2. The molecule has 1 aromatic carbocycles. The van der Waals surface area contributed by atoms with Crippen LogP contribution in [-0.2, 0) is 17.6 Å². The molecule has 33 heavy (non-hydrogen) atoms. The third-order valence-electron chi connectivity index (χ3n) is 7.22. The first kappa shape index (κ1) is 22.0. The first-order chi connectivity index (χ1) is 16.0. The number of piperidine rings is 1. The van der Waals surface area contributed by atoms with Gasteiger partial charge in [0.05, 0.1) is 18.7 Å². The van der Waals surface area contributed by atoms with Gasteiger partial charge in [-0.3, -0.25) is 14.5 Å². The van der Waals surface area contributed by atoms with Crippen molar-refractivity contribution >= 4 is 39.1 Å². The number of benzene rings is 1. The SMILES string of the molecule is COc1ccc2[nH]cc(C3CCN(C(C)C(=O)Nc4sc5c(c4C(N)=O)CCC5)CC3)c2c1. The van der Waals surface area contributed by atoms with E-state index in [0.29, 0.717) is 16.5 Å². The molecule has 1 aliphatic carbocycles. The molecule has 3 heterocycles. The Balaban J connectivity index is 1.25. The quantitative estimate of drug-likeness (QED) is 0.511. The lowest BCUT2D eigenvalue weighted by atomic mass is 9.88. The van der Waals surface area contributed by atoms with Crippen molar-refractivity contribution in [2.75, 3.05) is 25.5 Å². The van der Waals surface area contributed by atoms with E-state index < -0.39 is 5.91 Å². The van der Waals surface area contributed by atoms with Gasteiger partial charge < -0.3 is 20.8 Å². The maximum absolute atomic E-state index is 13.1. The number of aryl methyl sites for hydroxylation is 1. The number of carbonyl (C=O) groups excluding carboxylic acids is 2. The number of nitrogens with one attached hydrogen (secondary N) is 2. The highest BCUT2D eigenvalue weighted by Gasteiger charge is 2.31. The molecule has 174 valence electrons. The number of ether oxygens (including phenoxy) is 1. The number of carbonyl (C=O) groups is 2. The highest BCUT2D eigenvalue weighted by Crippen LogP contribution is 2.39. The number of aromatic nitrogens is 1. The van der Waals surface area contributed by atoms with E-state index in [-0.39, 0.29) is 11.9 Å². The number of nitrogens with zero attached hydrogens (tertiary/aromatic N) is 1. The summed E-state index contributed by atoms with van der Waals surface area (Å²) in [7, 11) is 1.69. The molecule has 2 aromatic heterocycles. The molecular weight excluding hydrogens is 436 g/mol. The van der Waals surface area contributed by atoms with Crippen LogP contribution in [0.4, 0.5) is 5.00 Å². The predicted octanol–water partition coefficient (Wildman–Crippen LogP) is 4.03. The van der Waals surface area contributed by atoms with Gasteiger partial charge >= 0.3 is 0 Å². The normalized spacial score (nSPS) is 17.8. The summed E-state index contributed by atoms with van der Waals surface area (Å²) < 4.78 is 5.41. The molecule has 8 heteroatoms. The molecule has 1 aliphatic heterocycles. The summed E-state index contributed by atoms with van der Waals surface area (Å²) in [4.78, 5) is 31.9. The minimum atomic E-state index is -0.450. The average molecular weight is 467 g/mol. The lowest BCUT2D eigenvalue weighted by molar-refractivity contribution is -0.121. The first-order valence-corrected chi connectivity index (χ1v) is 12.4. The van der Waals surface area contributed by atoms with E-state index in [9.17, 15) is 9.59 Å². The second-order valence-electron chi connectivity index (χ2n) is 9.06. The highest BCUT2D eigenvalue weighted by atomic mass is 32.1. The number of fused-ring (bicyclic) bond motifs is 2. The van der Waals surface area contributed by atoms with Gasteiger partial charge in [-0.25, -0.2) is 0 Å². The number of likely N-dealkylation sites (tertiary alicyclic amines) is 1. The van der Waals surface area contributed by atoms with Crippen molar-refractivity contribution in [2.45, 2.75) is 51.0 Å². The van der Waals surface area contributed by atoms with E-state index in [0.717, 1.165) is 62.0 Å². The number of nitrogens with two attached hydrogens (primary N) is 1. The van der Waals surface area contributed by atoms with Crippen LogP contribution in [0.25, 0.3) is 10.9 Å². The van der Waals surface area contributed by atoms with E-state index in [1.165, 1.54) is 27.2 Å². The third kappa shape index (κ3) is 4.02. The summed E-state index contributed by atoms with van der Waals surface area (Å²) >= 11 is 1.51. The molecule has 2 amide bonds. The molecule has 1 saturated heterocycles. The van der Waals surface area contributed by atoms with Crippen LogP contribution in [-0.4, -0.2) is 47.9 Å². The van der Waals surface area contributed by atoms with E-state index in [1.54, 1.807) is 7.11 Å². The Morgan fingerprint density at radius 2 is 2.06 bits per heavy atom. The van der Waals surface area contributed by atoms with Crippen LogP contribution in [0, 0.1) is 0 Å². The van der Waals surface area contributed by atoms with Crippen molar-refractivity contribution in [3.8, 4) is 5.75 Å². The van der Waals surface area contributed by atoms with Gasteiger partial charge in [-0.1, -0.05) is 0 Å². The van der Waals surface area contributed by atoms with Gasteiger partial charge in [0.25, 0.3) is 5.91 Å². The Labute approximate surface area is 197 Å². The second kappa shape index (κ2) is 8.83. The van der Waals surface area contributed by atoms with Gasteiger partial charge in [0, 0.05) is 22.0 Å². The lowest BCUT2D eigenvalue weighted by Crippen LogP contribution is -2.45. The molecule has 5 rings (SSSR count). The monoisotopic (exact) mass is 466 g/mol. The molecule has 1 atom stereocenters. The van der Waals surface area contributed by atoms with Gasteiger partial charge in [-0.15, -0.1) is 11.3 Å². The number of methoxy groups -OCH3 is 1. The van der Waals surface area contributed by atoms with E-state index in [1.807, 2.05) is 13.0 Å². The minimum absolute atomic E-state index is 0.0762. The summed E-state index contributed by atoms with van der Waals surface area (Å²) in [6.45, 7) is 3.64. The fourth-order valence-corrected chi connectivity index (χ4v) is 6.62. The van der Waals surface area contributed by atoms with E-state index in [2.05, 4.69) is 33.5 Å². The van der Waals surface area contributed by atoms with Crippen molar-refractivity contribution in [1.82, 2.24) is 9.88 Å². The maximum Gasteiger partial charge on any atom is 0.251 e. The van der Waals surface area contributed by atoms with Gasteiger partial charge in [0.15, 0.2) is 0 Å². The Bertz CT molecular complexity index is 1210. The Morgan fingerprint density at radius 3 is 2.79 bits per heavy atom. The molecule has 1 unspecified atom stereocenters. The lowest BCUT2D eigenvalue weighted by Gasteiger charge is -2.35. The number of aromatic amines is 1. The zero-order chi connectivity index (χ0) is 23.1. The minimum Gasteiger partial charge on any atom is -0.497 e. The van der Waals surface area contributed by atoms with Gasteiger partial charge in [-0.2, -0.15) is 0 Å². The molecule has 0 saturated carbocycles. The standard InChI is InChI=1S/C25H30N4O3S/c1-14(24(31)28-25-22(23(26)30)17-4-3-5-21(17)33-25)29-10-8-15(9-11-29)19-13-27-20-7-6-16(32-2)12-18(19)20/h6-7,12-15,27H,3-5,8-11H2,1-2H3,(H2,26,30)(H,28,31). The smallest absolute Gasteiger partial charge is 0.251 e. The van der Waals surface area contributed by atoms with Crippen molar-refractivity contribution in [3.05, 3.63) is 46.0 Å². The fraction of sp³-hybridized carbons (Fsp3) is 0.440. The van der Waals surface area contributed by atoms with Gasteiger partial charge in [0.2, 0.25) is 5.91 Å². The maximum atomic E-state index is 13.1. The third-order valence-corrected chi connectivity index (χ3v) is 8.43. The molecule has 2 aliphatic rings. The molecule has 0 radical (unpaired) electrons. The molecule has 7 nitrogen and oxygen atoms in total. The van der Waals surface area contributed by atoms with Crippen LogP contribution in [0.2, 0.25) is 0 Å². The van der Waals surface area contributed by atoms with E-state index >= 15 is 0 Å². The Hall–Kier alpha value is -2.84. The summed E-state index contributed by atoms with van der Waals surface area (Å²) in [5.74, 6) is 0.779. The topological polar surface area (TPSA) is 100 Å². The van der Waals surface area contributed by atoms with Crippen molar-refractivity contribution < 1.29 is 14.3 Å². The first-order valence-electron chi connectivity index (χ1n) is 11.6. The summed E-state index contributed by atoms with van der Waals surface area (Å²) in [5, 5.41) is 4.84. The van der Waals surface area contributed by atoms with Gasteiger partial charge in [0.1, 0.15) is 10.8 Å². The predicted molar refractivity (Wildman–Crippen MR) is 131 cm³/mol. The van der Waals surface area contributed by atoms with Crippen LogP contribution < -0.4 is 15.8 Å². The van der Waals surface area contributed by atoms with Crippen LogP contribution in [0.5, 0.6) is 5.75 Å². The molecule has 4 N–H and O–H groups in total. The number of primary amides is 1. The molecular formula is C25H30N4O3S. The number of anilines is 1. The van der Waals surface area contributed by atoms with Gasteiger partial charge in [-0.05, 0) is 87.4 Å². The number of rotatable bonds is 6. The second-order valence-corrected chi connectivity index (χ2v) is 10.2. The highest BCUT2D eigenvalue weighted by molar-refractivity contribution is 7.17. The number of thiophene rings is 1. The summed E-state index contributed by atoms with van der Waals surface area (Å²) in [6.07, 6.45) is 6.96. The van der Waals surface area contributed by atoms with Crippen LogP contribution in [0.1, 0.15) is 58.5 Å². The number of H-pyrrole nitrogens is 1. The number of hydrogen-bond acceptors (Lipinski definition) is 5. The van der Waals surface area contributed by atoms with Crippen LogP contribution >= 0.6 is 11.3 Å². The zero-order valence-corrected chi connectivity index (χ0v) is 19.9.